The van der Waals surface area contributed by atoms with Crippen molar-refractivity contribution in [3.63, 3.8) is 0 Å². The number of ether oxygens (including phenoxy) is 1. The highest BCUT2D eigenvalue weighted by atomic mass is 16.5. The van der Waals surface area contributed by atoms with Crippen molar-refractivity contribution < 1.29 is 9.84 Å². The van der Waals surface area contributed by atoms with E-state index in [1.807, 2.05) is 20.8 Å². The predicted octanol–water partition coefficient (Wildman–Crippen LogP) is 0.585. The van der Waals surface area contributed by atoms with E-state index in [0.717, 1.165) is 0 Å². The van der Waals surface area contributed by atoms with Gasteiger partial charge in [-0.1, -0.05) is 0 Å². The Morgan fingerprint density at radius 2 is 2.29 bits per heavy atom. The molecule has 5 heteroatoms. The Kier molecular flexibility index (Phi) is 3.60. The minimum atomic E-state index is -0.263. The first kappa shape index (κ1) is 11.1. The molecule has 0 radical (unpaired) electrons. The molecule has 1 heterocycles. The van der Waals surface area contributed by atoms with Gasteiger partial charge in [0.05, 0.1) is 12.1 Å². The Labute approximate surface area is 83.7 Å². The minimum Gasteiger partial charge on any atom is -0.388 e. The lowest BCUT2D eigenvalue weighted by Gasteiger charge is -2.25. The summed E-state index contributed by atoms with van der Waals surface area (Å²) in [7, 11) is 0. The first-order chi connectivity index (χ1) is 6.59. The van der Waals surface area contributed by atoms with E-state index in [1.165, 1.54) is 0 Å². The van der Waals surface area contributed by atoms with Crippen LogP contribution < -0.4 is 0 Å². The van der Waals surface area contributed by atoms with Crippen molar-refractivity contribution in [1.29, 1.82) is 0 Å². The highest BCUT2D eigenvalue weighted by molar-refractivity contribution is 4.85. The Balaban J connectivity index is 2.67. The van der Waals surface area contributed by atoms with Crippen LogP contribution in [0.1, 0.15) is 26.6 Å². The molecule has 0 unspecified atom stereocenters. The fourth-order valence-electron chi connectivity index (χ4n) is 1.38. The molecule has 1 rings (SSSR count). The average Bonchev–Trinajstić information content (AvgIpc) is 2.50. The van der Waals surface area contributed by atoms with Gasteiger partial charge in [0.1, 0.15) is 12.9 Å². The van der Waals surface area contributed by atoms with Crippen LogP contribution in [0.3, 0.4) is 0 Å². The topological polar surface area (TPSA) is 60.2 Å². The molecule has 0 aliphatic carbocycles. The molecule has 0 bridgehead atoms. The van der Waals surface area contributed by atoms with E-state index in [2.05, 4.69) is 10.2 Å². The summed E-state index contributed by atoms with van der Waals surface area (Å²) < 4.78 is 7.35. The van der Waals surface area contributed by atoms with Gasteiger partial charge in [0.25, 0.3) is 0 Å². The van der Waals surface area contributed by atoms with Gasteiger partial charge in [-0.25, -0.2) is 0 Å². The highest BCUT2D eigenvalue weighted by Crippen LogP contribution is 2.13. The second-order valence-corrected chi connectivity index (χ2v) is 3.73. The Morgan fingerprint density at radius 1 is 1.57 bits per heavy atom. The molecule has 0 aliphatic heterocycles. The summed E-state index contributed by atoms with van der Waals surface area (Å²) in [5.74, 6) is 0.567. The number of hydrogen-bond acceptors (Lipinski definition) is 4. The van der Waals surface area contributed by atoms with Crippen LogP contribution in [0.5, 0.6) is 0 Å². The fourth-order valence-corrected chi connectivity index (χ4v) is 1.38. The molecule has 0 saturated heterocycles. The standard InChI is InChI=1S/C9H17N3O2/c1-4-14-9(2,3)6-12-7-10-11-8(12)5-13/h7,13H,4-6H2,1-3H3. The van der Waals surface area contributed by atoms with E-state index in [1.54, 1.807) is 10.9 Å². The molecule has 5 nitrogen and oxygen atoms in total. The number of hydrogen-bond donors (Lipinski definition) is 1. The van der Waals surface area contributed by atoms with Crippen molar-refractivity contribution in [2.24, 2.45) is 0 Å². The van der Waals surface area contributed by atoms with Crippen molar-refractivity contribution in [2.45, 2.75) is 39.5 Å². The molecule has 14 heavy (non-hydrogen) atoms. The molecule has 80 valence electrons. The van der Waals surface area contributed by atoms with Crippen LogP contribution in [-0.2, 0) is 17.9 Å². The van der Waals surface area contributed by atoms with E-state index >= 15 is 0 Å². The van der Waals surface area contributed by atoms with Crippen molar-refractivity contribution in [1.82, 2.24) is 14.8 Å². The van der Waals surface area contributed by atoms with E-state index in [4.69, 9.17) is 9.84 Å². The number of aromatic nitrogens is 3. The molecule has 0 atom stereocenters. The lowest BCUT2D eigenvalue weighted by Crippen LogP contribution is -2.31. The summed E-state index contributed by atoms with van der Waals surface area (Å²) >= 11 is 0. The normalized spacial score (nSPS) is 12.0. The second-order valence-electron chi connectivity index (χ2n) is 3.73. The third-order valence-electron chi connectivity index (χ3n) is 1.92. The van der Waals surface area contributed by atoms with Gasteiger partial charge in [-0.2, -0.15) is 0 Å². The summed E-state index contributed by atoms with van der Waals surface area (Å²) in [6.45, 7) is 7.17. The summed E-state index contributed by atoms with van der Waals surface area (Å²) in [4.78, 5) is 0. The molecule has 0 aromatic carbocycles. The zero-order valence-electron chi connectivity index (χ0n) is 8.90. The van der Waals surface area contributed by atoms with Gasteiger partial charge >= 0.3 is 0 Å². The van der Waals surface area contributed by atoms with Gasteiger partial charge in [0.2, 0.25) is 0 Å². The minimum absolute atomic E-state index is 0.0950. The maximum absolute atomic E-state index is 8.97. The molecule has 0 saturated carbocycles. The summed E-state index contributed by atoms with van der Waals surface area (Å²) in [5, 5.41) is 16.5. The molecule has 1 N–H and O–H groups in total. The van der Waals surface area contributed by atoms with Gasteiger partial charge < -0.3 is 14.4 Å². The van der Waals surface area contributed by atoms with Crippen LogP contribution in [0.25, 0.3) is 0 Å². The predicted molar refractivity (Wildman–Crippen MR) is 51.6 cm³/mol. The number of aliphatic hydroxyl groups excluding tert-OH is 1. The SMILES string of the molecule is CCOC(C)(C)Cn1cnnc1CO. The largest absolute Gasteiger partial charge is 0.388 e. The highest BCUT2D eigenvalue weighted by Gasteiger charge is 2.19. The number of nitrogens with zero attached hydrogens (tertiary/aromatic N) is 3. The zero-order valence-corrected chi connectivity index (χ0v) is 8.90. The van der Waals surface area contributed by atoms with Crippen LogP contribution in [0.2, 0.25) is 0 Å². The maximum atomic E-state index is 8.97. The zero-order chi connectivity index (χ0) is 10.6. The van der Waals surface area contributed by atoms with E-state index < -0.39 is 0 Å². The first-order valence-corrected chi connectivity index (χ1v) is 4.70. The van der Waals surface area contributed by atoms with Gasteiger partial charge in [-0.3, -0.25) is 0 Å². The van der Waals surface area contributed by atoms with Crippen molar-refractivity contribution in [3.05, 3.63) is 12.2 Å². The maximum Gasteiger partial charge on any atom is 0.158 e. The van der Waals surface area contributed by atoms with Crippen LogP contribution in [0.15, 0.2) is 6.33 Å². The van der Waals surface area contributed by atoms with Crippen LogP contribution in [0.4, 0.5) is 0 Å². The van der Waals surface area contributed by atoms with Gasteiger partial charge in [-0.15, -0.1) is 10.2 Å². The molecular weight excluding hydrogens is 182 g/mol. The smallest absolute Gasteiger partial charge is 0.158 e. The quantitative estimate of drug-likeness (QED) is 0.753. The molecule has 0 spiro atoms. The van der Waals surface area contributed by atoms with Crippen molar-refractivity contribution in [2.75, 3.05) is 6.61 Å². The molecule has 0 amide bonds. The van der Waals surface area contributed by atoms with Crippen molar-refractivity contribution in [3.8, 4) is 0 Å². The van der Waals surface area contributed by atoms with E-state index in [9.17, 15) is 0 Å². The summed E-state index contributed by atoms with van der Waals surface area (Å²) in [6.07, 6.45) is 1.60. The van der Waals surface area contributed by atoms with Gasteiger partial charge in [0, 0.05) is 6.61 Å². The lowest BCUT2D eigenvalue weighted by molar-refractivity contribution is -0.0234. The number of aliphatic hydroxyl groups is 1. The molecule has 0 fully saturated rings. The second kappa shape index (κ2) is 4.52. The monoisotopic (exact) mass is 199 g/mol. The Bertz CT molecular complexity index is 283. The summed E-state index contributed by atoms with van der Waals surface area (Å²) in [5.41, 5.74) is -0.263. The fraction of sp³-hybridized carbons (Fsp3) is 0.778. The molecule has 0 aliphatic rings. The lowest BCUT2D eigenvalue weighted by atomic mass is 10.1. The molecular formula is C9H17N3O2. The molecule has 1 aromatic rings. The van der Waals surface area contributed by atoms with Crippen LogP contribution in [0, 0.1) is 0 Å². The first-order valence-electron chi connectivity index (χ1n) is 4.70. The molecule has 1 aromatic heterocycles. The van der Waals surface area contributed by atoms with Crippen LogP contribution in [-0.4, -0.2) is 32.1 Å². The number of rotatable bonds is 5. The third kappa shape index (κ3) is 2.78. The third-order valence-corrected chi connectivity index (χ3v) is 1.92. The van der Waals surface area contributed by atoms with Gasteiger partial charge in [-0.05, 0) is 20.8 Å². The van der Waals surface area contributed by atoms with E-state index in [-0.39, 0.29) is 12.2 Å². The Morgan fingerprint density at radius 3 is 2.86 bits per heavy atom. The summed E-state index contributed by atoms with van der Waals surface area (Å²) in [6, 6.07) is 0. The van der Waals surface area contributed by atoms with Gasteiger partial charge in [0.15, 0.2) is 5.82 Å². The average molecular weight is 199 g/mol. The van der Waals surface area contributed by atoms with Crippen LogP contribution >= 0.6 is 0 Å². The van der Waals surface area contributed by atoms with E-state index in [0.29, 0.717) is 19.0 Å². The van der Waals surface area contributed by atoms with Crippen molar-refractivity contribution >= 4 is 0 Å². The Hall–Kier alpha value is -0.940.